The van der Waals surface area contributed by atoms with Crippen LogP contribution in [-0.4, -0.2) is 31.3 Å². The molecule has 0 unspecified atom stereocenters. The molecule has 10 heavy (non-hydrogen) atoms. The third-order valence-corrected chi connectivity index (χ3v) is 1.00. The molecule has 0 fully saturated rings. The van der Waals surface area contributed by atoms with Crippen molar-refractivity contribution in [3.05, 3.63) is 11.9 Å². The lowest BCUT2D eigenvalue weighted by atomic mass is 10.3. The summed E-state index contributed by atoms with van der Waals surface area (Å²) in [4.78, 5) is 0.546. The van der Waals surface area contributed by atoms with Crippen LogP contribution in [0.5, 0.6) is 0 Å². The predicted octanol–water partition coefficient (Wildman–Crippen LogP) is -0.286. The first-order valence-corrected chi connectivity index (χ1v) is 2.54. The van der Waals surface area contributed by atoms with Gasteiger partial charge in [0.2, 0.25) is 0 Å². The van der Waals surface area contributed by atoms with E-state index >= 15 is 0 Å². The lowest BCUT2D eigenvalue weighted by Gasteiger charge is -1.84. The molecule has 0 radical (unpaired) electrons. The molecule has 1 aromatic heterocycles. The van der Waals surface area contributed by atoms with Crippen LogP contribution in [0.4, 0.5) is 0 Å². The molecule has 54 valence electrons. The number of rotatable bonds is 1. The highest BCUT2D eigenvalue weighted by atomic mass is 16.5. The fraction of sp³-hybridized carbons (Fsp3) is 0.250. The molecule has 6 nitrogen and oxygen atoms in total. The maximum atomic E-state index is 8.60. The Morgan fingerprint density at radius 1 is 1.80 bits per heavy atom. The van der Waals surface area contributed by atoms with Crippen molar-refractivity contribution in [2.45, 2.75) is 6.92 Å². The van der Waals surface area contributed by atoms with Crippen molar-refractivity contribution in [3.8, 4) is 0 Å². The summed E-state index contributed by atoms with van der Waals surface area (Å²) in [5, 5.41) is 26.4. The van der Waals surface area contributed by atoms with Gasteiger partial charge in [0.1, 0.15) is 11.4 Å². The van der Waals surface area contributed by atoms with E-state index in [1.807, 2.05) is 0 Å². The zero-order valence-corrected chi connectivity index (χ0v) is 5.26. The second-order valence-electron chi connectivity index (χ2n) is 1.71. The normalized spacial score (nSPS) is 11.9. The molecule has 0 aliphatic heterocycles. The van der Waals surface area contributed by atoms with E-state index in [2.05, 4.69) is 15.5 Å². The lowest BCUT2D eigenvalue weighted by Crippen LogP contribution is -1.93. The summed E-state index contributed by atoms with van der Waals surface area (Å²) in [6, 6.07) is 0. The zero-order chi connectivity index (χ0) is 7.56. The fourth-order valence-corrected chi connectivity index (χ4v) is 0.472. The molecular formula is C4H6N4O2. The minimum absolute atomic E-state index is 0.306. The smallest absolute Gasteiger partial charge is 0.134 e. The molecule has 0 saturated heterocycles. The molecule has 1 aromatic rings. The molecule has 2 N–H and O–H groups in total. The minimum Gasteiger partial charge on any atom is -0.411 e. The second-order valence-corrected chi connectivity index (χ2v) is 1.71. The van der Waals surface area contributed by atoms with Crippen molar-refractivity contribution < 1.29 is 10.4 Å². The average Bonchev–Trinajstić information content (AvgIpc) is 2.34. The highest BCUT2D eigenvalue weighted by molar-refractivity contribution is 5.96. The Morgan fingerprint density at radius 2 is 2.50 bits per heavy atom. The van der Waals surface area contributed by atoms with Crippen LogP contribution in [0.25, 0.3) is 0 Å². The fourth-order valence-electron chi connectivity index (χ4n) is 0.472. The summed E-state index contributed by atoms with van der Waals surface area (Å²) in [5.74, 6) is 0. The van der Waals surface area contributed by atoms with Crippen molar-refractivity contribution >= 4 is 5.71 Å². The first-order chi connectivity index (χ1) is 4.74. The third-order valence-electron chi connectivity index (χ3n) is 1.00. The van der Waals surface area contributed by atoms with Crippen molar-refractivity contribution in [2.24, 2.45) is 5.16 Å². The van der Waals surface area contributed by atoms with Gasteiger partial charge in [-0.25, -0.2) is 0 Å². The SMILES string of the molecule is C/C(=N/O)c1cn(O)nn1. The lowest BCUT2D eigenvalue weighted by molar-refractivity contribution is 0.143. The van der Waals surface area contributed by atoms with Crippen LogP contribution < -0.4 is 0 Å². The van der Waals surface area contributed by atoms with Crippen molar-refractivity contribution in [1.29, 1.82) is 0 Å². The monoisotopic (exact) mass is 142 g/mol. The minimum atomic E-state index is 0.306. The quantitative estimate of drug-likeness (QED) is 0.244. The van der Waals surface area contributed by atoms with Gasteiger partial charge in [-0.2, -0.15) is 0 Å². The number of nitrogens with zero attached hydrogens (tertiary/aromatic N) is 4. The van der Waals surface area contributed by atoms with E-state index < -0.39 is 0 Å². The topological polar surface area (TPSA) is 83.5 Å². The van der Waals surface area contributed by atoms with Gasteiger partial charge in [-0.3, -0.25) is 0 Å². The Labute approximate surface area is 56.3 Å². The van der Waals surface area contributed by atoms with Gasteiger partial charge in [0.25, 0.3) is 0 Å². The van der Waals surface area contributed by atoms with Crippen molar-refractivity contribution in [1.82, 2.24) is 15.2 Å². The van der Waals surface area contributed by atoms with Crippen LogP contribution >= 0.6 is 0 Å². The number of hydrogen-bond acceptors (Lipinski definition) is 5. The molecule has 0 aromatic carbocycles. The molecule has 0 aliphatic carbocycles. The van der Waals surface area contributed by atoms with E-state index in [0.29, 0.717) is 16.3 Å². The Kier molecular flexibility index (Phi) is 1.53. The molecule has 0 saturated carbocycles. The van der Waals surface area contributed by atoms with E-state index in [1.54, 1.807) is 6.92 Å². The summed E-state index contributed by atoms with van der Waals surface area (Å²) in [7, 11) is 0. The summed E-state index contributed by atoms with van der Waals surface area (Å²) in [5.41, 5.74) is 0.644. The Morgan fingerprint density at radius 3 is 2.90 bits per heavy atom. The summed E-state index contributed by atoms with van der Waals surface area (Å²) >= 11 is 0. The van der Waals surface area contributed by atoms with E-state index in [9.17, 15) is 0 Å². The Bertz CT molecular complexity index is 254. The van der Waals surface area contributed by atoms with Gasteiger partial charge >= 0.3 is 0 Å². The Balaban J connectivity index is 2.95. The van der Waals surface area contributed by atoms with Gasteiger partial charge < -0.3 is 10.4 Å². The van der Waals surface area contributed by atoms with Crippen LogP contribution in [0, 0.1) is 0 Å². The summed E-state index contributed by atoms with van der Waals surface area (Å²) in [6.45, 7) is 1.55. The molecule has 0 bridgehead atoms. The second kappa shape index (κ2) is 2.34. The highest BCUT2D eigenvalue weighted by Crippen LogP contribution is 1.92. The van der Waals surface area contributed by atoms with Gasteiger partial charge in [-0.1, -0.05) is 10.0 Å². The van der Waals surface area contributed by atoms with Gasteiger partial charge in [0.15, 0.2) is 0 Å². The van der Waals surface area contributed by atoms with Crippen LogP contribution in [0.1, 0.15) is 12.6 Å². The molecule has 0 amide bonds. The van der Waals surface area contributed by atoms with Crippen LogP contribution in [0.3, 0.4) is 0 Å². The van der Waals surface area contributed by atoms with Gasteiger partial charge in [-0.15, -0.1) is 5.10 Å². The number of oxime groups is 1. The third kappa shape index (κ3) is 1.04. The summed E-state index contributed by atoms with van der Waals surface area (Å²) in [6.07, 6.45) is 1.23. The predicted molar refractivity (Wildman–Crippen MR) is 31.2 cm³/mol. The first-order valence-electron chi connectivity index (χ1n) is 2.54. The number of hydrogen-bond donors (Lipinski definition) is 2. The van der Waals surface area contributed by atoms with Crippen LogP contribution in [0.2, 0.25) is 0 Å². The molecule has 1 heterocycles. The van der Waals surface area contributed by atoms with Crippen LogP contribution in [0.15, 0.2) is 11.4 Å². The molecule has 0 aliphatic rings. The van der Waals surface area contributed by atoms with Gasteiger partial charge in [0.05, 0.1) is 6.20 Å². The number of aromatic nitrogens is 3. The van der Waals surface area contributed by atoms with E-state index in [0.717, 1.165) is 0 Å². The first kappa shape index (κ1) is 6.53. The standard InChI is InChI=1S/C4H6N4O2/c1-3(6-9)4-2-8(10)7-5-4/h2,9-10H,1H3/b6-3-. The molecule has 1 rings (SSSR count). The zero-order valence-electron chi connectivity index (χ0n) is 5.26. The molecule has 0 spiro atoms. The largest absolute Gasteiger partial charge is 0.411 e. The average molecular weight is 142 g/mol. The van der Waals surface area contributed by atoms with Gasteiger partial charge in [-0.05, 0) is 12.1 Å². The van der Waals surface area contributed by atoms with Crippen molar-refractivity contribution in [3.63, 3.8) is 0 Å². The maximum absolute atomic E-state index is 8.60. The molecular weight excluding hydrogens is 136 g/mol. The van der Waals surface area contributed by atoms with Crippen LogP contribution in [-0.2, 0) is 0 Å². The Hall–Kier alpha value is -1.59. The van der Waals surface area contributed by atoms with E-state index in [-0.39, 0.29) is 0 Å². The van der Waals surface area contributed by atoms with Gasteiger partial charge in [0, 0.05) is 0 Å². The molecule has 0 atom stereocenters. The van der Waals surface area contributed by atoms with E-state index in [4.69, 9.17) is 10.4 Å². The van der Waals surface area contributed by atoms with E-state index in [1.165, 1.54) is 6.20 Å². The van der Waals surface area contributed by atoms with Crippen molar-refractivity contribution in [2.75, 3.05) is 0 Å². The molecule has 6 heteroatoms. The maximum Gasteiger partial charge on any atom is 0.134 e. The highest BCUT2D eigenvalue weighted by Gasteiger charge is 2.01. The summed E-state index contributed by atoms with van der Waals surface area (Å²) < 4.78 is 0.